The van der Waals surface area contributed by atoms with Crippen LogP contribution in [0.4, 0.5) is 0 Å². The Balaban J connectivity index is 2.32. The van der Waals surface area contributed by atoms with Crippen molar-refractivity contribution in [2.24, 2.45) is 11.8 Å². The summed E-state index contributed by atoms with van der Waals surface area (Å²) in [5, 5.41) is 3.86. The minimum Gasteiger partial charge on any atom is -0.311 e. The normalized spacial score (nSPS) is 26.6. The van der Waals surface area contributed by atoms with Crippen molar-refractivity contribution >= 4 is 0 Å². The maximum Gasteiger partial charge on any atom is 0.00722 e. The van der Waals surface area contributed by atoms with Crippen molar-refractivity contribution in [2.45, 2.75) is 84.7 Å². The van der Waals surface area contributed by atoms with E-state index in [1.165, 1.54) is 44.9 Å². The van der Waals surface area contributed by atoms with Gasteiger partial charge in [-0.3, -0.25) is 0 Å². The summed E-state index contributed by atoms with van der Waals surface area (Å²) in [5.41, 5.74) is 0. The van der Waals surface area contributed by atoms with E-state index in [1.54, 1.807) is 0 Å². The molecule has 1 nitrogen and oxygen atoms in total. The maximum atomic E-state index is 3.86. The molecule has 1 N–H and O–H groups in total. The van der Waals surface area contributed by atoms with Crippen LogP contribution in [0.15, 0.2) is 0 Å². The first kappa shape index (κ1) is 14.0. The zero-order valence-electron chi connectivity index (χ0n) is 11.8. The number of hydrogen-bond acceptors (Lipinski definition) is 1. The second kappa shape index (κ2) is 7.32. The molecule has 0 heterocycles. The van der Waals surface area contributed by atoms with Crippen LogP contribution in [0, 0.1) is 11.8 Å². The highest BCUT2D eigenvalue weighted by Gasteiger charge is 2.23. The second-order valence-corrected chi connectivity index (χ2v) is 6.04. The summed E-state index contributed by atoms with van der Waals surface area (Å²) in [7, 11) is 0. The van der Waals surface area contributed by atoms with Gasteiger partial charge >= 0.3 is 0 Å². The molecule has 1 fully saturated rings. The molecule has 0 aromatic carbocycles. The van der Waals surface area contributed by atoms with E-state index < -0.39 is 0 Å². The topological polar surface area (TPSA) is 12.0 Å². The molecule has 0 saturated heterocycles. The molecule has 0 aromatic rings. The Labute approximate surface area is 102 Å². The second-order valence-electron chi connectivity index (χ2n) is 6.04. The number of hydrogen-bond donors (Lipinski definition) is 1. The summed E-state index contributed by atoms with van der Waals surface area (Å²) < 4.78 is 0. The molecule has 0 radical (unpaired) electrons. The van der Waals surface area contributed by atoms with Crippen LogP contribution in [0.5, 0.6) is 0 Å². The molecule has 0 amide bonds. The van der Waals surface area contributed by atoms with Crippen LogP contribution < -0.4 is 5.32 Å². The van der Waals surface area contributed by atoms with Crippen molar-refractivity contribution in [1.29, 1.82) is 0 Å². The Morgan fingerprint density at radius 3 is 2.38 bits per heavy atom. The molecule has 0 bridgehead atoms. The first-order chi connectivity index (χ1) is 7.65. The summed E-state index contributed by atoms with van der Waals surface area (Å²) in [5.74, 6) is 1.86. The average Bonchev–Trinajstić information content (AvgIpc) is 2.25. The van der Waals surface area contributed by atoms with Gasteiger partial charge in [0, 0.05) is 12.1 Å². The van der Waals surface area contributed by atoms with Crippen molar-refractivity contribution in [3.63, 3.8) is 0 Å². The lowest BCUT2D eigenvalue weighted by atomic mass is 9.81. The first-order valence-corrected chi connectivity index (χ1v) is 7.41. The molecule has 1 rings (SSSR count). The van der Waals surface area contributed by atoms with Crippen molar-refractivity contribution in [3.05, 3.63) is 0 Å². The molecule has 0 aromatic heterocycles. The predicted molar refractivity (Wildman–Crippen MR) is 72.7 cm³/mol. The third-order valence-electron chi connectivity index (χ3n) is 4.04. The van der Waals surface area contributed by atoms with Gasteiger partial charge in [-0.25, -0.2) is 0 Å². The third-order valence-corrected chi connectivity index (χ3v) is 4.04. The van der Waals surface area contributed by atoms with Crippen LogP contribution in [-0.2, 0) is 0 Å². The Bertz CT molecular complexity index is 172. The van der Waals surface area contributed by atoms with Crippen LogP contribution in [-0.4, -0.2) is 12.1 Å². The molecule has 0 spiro atoms. The zero-order chi connectivity index (χ0) is 12.0. The fraction of sp³-hybridized carbons (Fsp3) is 1.00. The third kappa shape index (κ3) is 4.86. The fourth-order valence-electron chi connectivity index (χ4n) is 3.18. The van der Waals surface area contributed by atoms with Gasteiger partial charge in [0.15, 0.2) is 0 Å². The Morgan fingerprint density at radius 1 is 1.12 bits per heavy atom. The largest absolute Gasteiger partial charge is 0.311 e. The average molecular weight is 225 g/mol. The summed E-state index contributed by atoms with van der Waals surface area (Å²) in [4.78, 5) is 0. The van der Waals surface area contributed by atoms with Crippen molar-refractivity contribution in [1.82, 2.24) is 5.32 Å². The highest BCUT2D eigenvalue weighted by Crippen LogP contribution is 2.29. The van der Waals surface area contributed by atoms with Crippen LogP contribution >= 0.6 is 0 Å². The van der Waals surface area contributed by atoms with Gasteiger partial charge in [0.25, 0.3) is 0 Å². The molecule has 1 aliphatic carbocycles. The lowest BCUT2D eigenvalue weighted by molar-refractivity contribution is 0.236. The first-order valence-electron chi connectivity index (χ1n) is 7.41. The molecular formula is C15H31N. The van der Waals surface area contributed by atoms with E-state index >= 15 is 0 Å². The quantitative estimate of drug-likeness (QED) is 0.708. The van der Waals surface area contributed by atoms with E-state index in [0.29, 0.717) is 0 Å². The van der Waals surface area contributed by atoms with Crippen molar-refractivity contribution < 1.29 is 0 Å². The van der Waals surface area contributed by atoms with Gasteiger partial charge in [0.2, 0.25) is 0 Å². The Kier molecular flexibility index (Phi) is 6.41. The SMILES string of the molecule is CCC(CC)NC1CCCC(CC(C)C)C1. The monoisotopic (exact) mass is 225 g/mol. The molecule has 2 atom stereocenters. The van der Waals surface area contributed by atoms with E-state index in [-0.39, 0.29) is 0 Å². The van der Waals surface area contributed by atoms with Crippen LogP contribution in [0.25, 0.3) is 0 Å². The zero-order valence-corrected chi connectivity index (χ0v) is 11.8. The number of rotatable bonds is 6. The van der Waals surface area contributed by atoms with E-state index in [9.17, 15) is 0 Å². The summed E-state index contributed by atoms with van der Waals surface area (Å²) in [6.07, 6.45) is 9.74. The smallest absolute Gasteiger partial charge is 0.00722 e. The lowest BCUT2D eigenvalue weighted by Gasteiger charge is -2.33. The predicted octanol–water partition coefficient (Wildman–Crippen LogP) is 4.37. The van der Waals surface area contributed by atoms with Gasteiger partial charge in [-0.05, 0) is 43.9 Å². The molecule has 1 saturated carbocycles. The standard InChI is InChI=1S/C15H31N/c1-5-14(6-2)16-15-9-7-8-13(11-15)10-12(3)4/h12-16H,5-11H2,1-4H3. The highest BCUT2D eigenvalue weighted by atomic mass is 14.9. The molecule has 1 heteroatoms. The summed E-state index contributed by atoms with van der Waals surface area (Å²) in [6, 6.07) is 1.56. The maximum absolute atomic E-state index is 3.86. The molecule has 1 aliphatic rings. The fourth-order valence-corrected chi connectivity index (χ4v) is 3.18. The van der Waals surface area contributed by atoms with E-state index in [4.69, 9.17) is 0 Å². The molecular weight excluding hydrogens is 194 g/mol. The van der Waals surface area contributed by atoms with Gasteiger partial charge in [0.1, 0.15) is 0 Å². The molecule has 16 heavy (non-hydrogen) atoms. The van der Waals surface area contributed by atoms with Crippen molar-refractivity contribution in [2.75, 3.05) is 0 Å². The summed E-state index contributed by atoms with van der Waals surface area (Å²) >= 11 is 0. The van der Waals surface area contributed by atoms with Gasteiger partial charge in [0.05, 0.1) is 0 Å². The lowest BCUT2D eigenvalue weighted by Crippen LogP contribution is -2.40. The Hall–Kier alpha value is -0.0400. The molecule has 0 aliphatic heterocycles. The van der Waals surface area contributed by atoms with E-state index in [2.05, 4.69) is 33.0 Å². The van der Waals surface area contributed by atoms with Gasteiger partial charge < -0.3 is 5.32 Å². The van der Waals surface area contributed by atoms with Gasteiger partial charge in [-0.15, -0.1) is 0 Å². The van der Waals surface area contributed by atoms with Gasteiger partial charge in [-0.2, -0.15) is 0 Å². The van der Waals surface area contributed by atoms with Crippen LogP contribution in [0.2, 0.25) is 0 Å². The molecule has 96 valence electrons. The van der Waals surface area contributed by atoms with Crippen molar-refractivity contribution in [3.8, 4) is 0 Å². The van der Waals surface area contributed by atoms with Gasteiger partial charge in [-0.1, -0.05) is 40.5 Å². The van der Waals surface area contributed by atoms with E-state index in [1.807, 2.05) is 0 Å². The molecule has 2 unspecified atom stereocenters. The highest BCUT2D eigenvalue weighted by molar-refractivity contribution is 4.81. The minimum atomic E-state index is 0.753. The number of nitrogens with one attached hydrogen (secondary N) is 1. The summed E-state index contributed by atoms with van der Waals surface area (Å²) in [6.45, 7) is 9.32. The van der Waals surface area contributed by atoms with E-state index in [0.717, 1.165) is 23.9 Å². The van der Waals surface area contributed by atoms with Crippen LogP contribution in [0.1, 0.15) is 72.6 Å². The Morgan fingerprint density at radius 2 is 1.81 bits per heavy atom. The van der Waals surface area contributed by atoms with Crippen LogP contribution in [0.3, 0.4) is 0 Å². The minimum absolute atomic E-state index is 0.753.